The fourth-order valence-electron chi connectivity index (χ4n) is 12.1. The van der Waals surface area contributed by atoms with E-state index in [-0.39, 0.29) is 29.2 Å². The van der Waals surface area contributed by atoms with Crippen LogP contribution in [-0.4, -0.2) is 135 Å². The molecule has 3 amide bonds. The summed E-state index contributed by atoms with van der Waals surface area (Å²) in [5.74, 6) is -3.16. The lowest BCUT2D eigenvalue weighted by Gasteiger charge is -2.50. The number of fused-ring (bicyclic) bond motifs is 6. The Hall–Kier alpha value is -7.66. The number of nitrogens with one attached hydrogen (secondary N) is 1. The van der Waals surface area contributed by atoms with Gasteiger partial charge in [0.15, 0.2) is 16.4 Å². The van der Waals surface area contributed by atoms with Crippen LogP contribution in [0.15, 0.2) is 142 Å². The van der Waals surface area contributed by atoms with Crippen molar-refractivity contribution in [1.82, 2.24) is 39.0 Å². The Bertz CT molecular complexity index is 3990. The zero-order valence-corrected chi connectivity index (χ0v) is 43.4. The van der Waals surface area contributed by atoms with Crippen LogP contribution in [0.4, 0.5) is 17.1 Å². The Morgan fingerprint density at radius 2 is 1.74 bits per heavy atom. The number of sulfonamides is 1. The molecule has 1 aromatic heterocycles. The van der Waals surface area contributed by atoms with Crippen LogP contribution in [0.3, 0.4) is 0 Å². The van der Waals surface area contributed by atoms with Crippen LogP contribution < -0.4 is 20.1 Å². The lowest BCUT2D eigenvalue weighted by Crippen LogP contribution is -2.73. The first-order chi connectivity index (χ1) is 36.5. The lowest BCUT2D eigenvalue weighted by molar-refractivity contribution is -0.154. The highest BCUT2D eigenvalue weighted by Crippen LogP contribution is 2.49. The number of carboxylic acid groups (broad SMARTS) is 1. The number of carbonyl (C=O) groups is 4. The van der Waals surface area contributed by atoms with Crippen molar-refractivity contribution >= 4 is 83.3 Å². The van der Waals surface area contributed by atoms with Crippen molar-refractivity contribution < 1.29 is 45.5 Å². The zero-order valence-electron chi connectivity index (χ0n) is 40.9. The predicted octanol–water partition coefficient (Wildman–Crippen LogP) is 4.32. The molecule has 8 aliphatic rings. The molecule has 0 bridgehead atoms. The minimum absolute atomic E-state index is 0.0262. The molecular weight excluding hydrogens is 1030 g/mol. The van der Waals surface area contributed by atoms with Crippen molar-refractivity contribution in [2.75, 3.05) is 37.3 Å². The van der Waals surface area contributed by atoms with E-state index in [2.05, 4.69) is 49.4 Å². The Labute approximate surface area is 440 Å². The molecule has 19 nitrogen and oxygen atoms in total. The van der Waals surface area contributed by atoms with Crippen LogP contribution >= 0.6 is 11.8 Å². The van der Waals surface area contributed by atoms with Crippen molar-refractivity contribution in [3.63, 3.8) is 0 Å². The number of para-hydroxylation sites is 2. The standard InChI is InChI=1S/C54H47N9O10S3/c1-54(30-59-24-21-55-57-59)49(62-44(64)27-45(62)75(54,69)70)50(65)56-47-51(66)63-48(53(67)68)33(29-74-52(47)63)28-58(2)76(71,72)43-14-8-5-11-38(43)46-36-17-15-34(60-22-19-31-9-3-6-12-39(31)60)25-41(36)73-42-26-35(16-18-37(42)46)61-23-20-32-10-4-7-13-40(32)61/h3-18,21,24-26,45,47,49,52H,19-20,22-23,27-30H2,1-2H3,(H-,56,65,67,68)/p+1/t45-,47-,49+,52-,54?/m1/s1. The molecule has 386 valence electrons. The SMILES string of the molecule is CN(CC1=C(C(=O)O)N2C(=O)[C@@H](NC(=O)[C@@H]3N4C(=O)C[C@H]4S(=O)(=O)C3(C)Cn3ccnn3)[C@H]2SC1)S(=O)(=O)c1ccccc1-c1c2ccc(=[N+]3CCc4ccccc43)cc-2oc2cc(N3CCc4ccccc43)ccc12. The van der Waals surface area contributed by atoms with Gasteiger partial charge in [-0.05, 0) is 54.8 Å². The summed E-state index contributed by atoms with van der Waals surface area (Å²) in [5, 5.41) is 20.4. The molecule has 7 aliphatic heterocycles. The van der Waals surface area contributed by atoms with Gasteiger partial charge >= 0.3 is 5.97 Å². The van der Waals surface area contributed by atoms with E-state index < -0.39 is 83.4 Å². The van der Waals surface area contributed by atoms with E-state index >= 15 is 8.42 Å². The molecule has 76 heavy (non-hydrogen) atoms. The molecular formula is C54H48N9O10S3+. The normalized spacial score (nSPS) is 24.1. The summed E-state index contributed by atoms with van der Waals surface area (Å²) in [6.07, 6.45) is 4.27. The quantitative estimate of drug-likeness (QED) is 0.105. The predicted molar refractivity (Wildman–Crippen MR) is 281 cm³/mol. The number of sulfone groups is 1. The van der Waals surface area contributed by atoms with Gasteiger partial charge in [-0.1, -0.05) is 59.8 Å². The molecule has 5 aromatic rings. The summed E-state index contributed by atoms with van der Waals surface area (Å²) in [6.45, 7) is 2.22. The largest absolute Gasteiger partial charge is 0.477 e. The van der Waals surface area contributed by atoms with Gasteiger partial charge in [0.25, 0.3) is 5.91 Å². The van der Waals surface area contributed by atoms with Crippen LogP contribution in [0, 0.1) is 0 Å². The number of amides is 3. The molecule has 4 aromatic carbocycles. The molecule has 3 saturated heterocycles. The summed E-state index contributed by atoms with van der Waals surface area (Å²) in [4.78, 5) is 58.5. The highest BCUT2D eigenvalue weighted by atomic mass is 32.2. The summed E-state index contributed by atoms with van der Waals surface area (Å²) in [6, 6.07) is 32.5. The number of likely N-dealkylation sites (N-methyl/N-ethyl adjacent to an activating group) is 1. The minimum Gasteiger partial charge on any atom is -0.477 e. The number of carbonyl (C=O) groups excluding carboxylic acids is 3. The summed E-state index contributed by atoms with van der Waals surface area (Å²) in [7, 11) is -7.18. The van der Waals surface area contributed by atoms with Crippen molar-refractivity contribution in [2.24, 2.45) is 0 Å². The second kappa shape index (κ2) is 17.4. The Balaban J connectivity index is 0.829. The van der Waals surface area contributed by atoms with Gasteiger partial charge in [-0.25, -0.2) is 21.6 Å². The van der Waals surface area contributed by atoms with Gasteiger partial charge in [-0.15, -0.1) is 16.9 Å². The lowest BCUT2D eigenvalue weighted by atomic mass is 9.93. The second-order valence-electron chi connectivity index (χ2n) is 20.1. The van der Waals surface area contributed by atoms with Crippen LogP contribution in [0.1, 0.15) is 24.5 Å². The third-order valence-corrected chi connectivity index (χ3v) is 21.9. The summed E-state index contributed by atoms with van der Waals surface area (Å²) < 4.78 is 67.6. The highest BCUT2D eigenvalue weighted by molar-refractivity contribution is 8.00. The maximum Gasteiger partial charge on any atom is 0.352 e. The number of nitrogens with zero attached hydrogens (tertiary/aromatic N) is 8. The number of benzene rings is 5. The Kier molecular flexibility index (Phi) is 11.0. The van der Waals surface area contributed by atoms with Gasteiger partial charge < -0.3 is 24.6 Å². The van der Waals surface area contributed by atoms with Crippen molar-refractivity contribution in [3.05, 3.63) is 149 Å². The van der Waals surface area contributed by atoms with Crippen LogP contribution in [0.25, 0.3) is 33.4 Å². The maximum atomic E-state index is 15.1. The highest BCUT2D eigenvalue weighted by Gasteiger charge is 2.70. The van der Waals surface area contributed by atoms with Gasteiger partial charge in [0.05, 0.1) is 30.1 Å². The van der Waals surface area contributed by atoms with Crippen molar-refractivity contribution in [1.29, 1.82) is 0 Å². The third-order valence-electron chi connectivity index (χ3n) is 15.9. The van der Waals surface area contributed by atoms with Crippen molar-refractivity contribution in [2.45, 2.75) is 65.2 Å². The van der Waals surface area contributed by atoms with Crippen LogP contribution in [0.2, 0.25) is 0 Å². The monoisotopic (exact) mass is 1080 g/mol. The molecule has 13 rings (SSSR count). The third kappa shape index (κ3) is 7.13. The Morgan fingerprint density at radius 1 is 0.961 bits per heavy atom. The van der Waals surface area contributed by atoms with E-state index in [1.165, 1.54) is 48.2 Å². The van der Waals surface area contributed by atoms with E-state index in [0.29, 0.717) is 33.4 Å². The number of carboxylic acids is 1. The van der Waals surface area contributed by atoms with E-state index in [0.717, 1.165) is 74.2 Å². The van der Waals surface area contributed by atoms with Gasteiger partial charge in [-0.3, -0.25) is 24.0 Å². The Morgan fingerprint density at radius 3 is 2.53 bits per heavy atom. The van der Waals surface area contributed by atoms with Gasteiger partial charge in [0.1, 0.15) is 44.6 Å². The van der Waals surface area contributed by atoms with E-state index in [1.807, 2.05) is 60.7 Å². The van der Waals surface area contributed by atoms with Crippen LogP contribution in [-0.2, 0) is 58.4 Å². The molecule has 22 heteroatoms. The first-order valence-corrected chi connectivity index (χ1v) is 28.8. The fourth-order valence-corrected chi connectivity index (χ4v) is 17.2. The molecule has 3 fully saturated rings. The maximum absolute atomic E-state index is 15.1. The number of aliphatic carboxylic acids is 1. The molecule has 1 aliphatic carbocycles. The number of hydrogen-bond donors (Lipinski definition) is 2. The van der Waals surface area contributed by atoms with Crippen LogP contribution in [0.5, 0.6) is 0 Å². The molecule has 1 unspecified atom stereocenters. The first-order valence-electron chi connectivity index (χ1n) is 24.7. The number of thioether (sulfide) groups is 1. The molecule has 2 N–H and O–H groups in total. The number of β-lactam (4-membered cyclic amide) rings is 2. The second-order valence-corrected chi connectivity index (χ2v) is 25.8. The van der Waals surface area contributed by atoms with E-state index in [1.54, 1.807) is 18.2 Å². The fraction of sp³-hybridized carbons (Fsp3) is 0.278. The molecule has 8 heterocycles. The summed E-state index contributed by atoms with van der Waals surface area (Å²) in [5.41, 5.74) is 7.64. The average Bonchev–Trinajstić information content (AvgIpc) is 4.32. The van der Waals surface area contributed by atoms with Gasteiger partial charge in [-0.2, -0.15) is 8.88 Å². The topological polar surface area (TPSA) is 229 Å². The molecule has 0 radical (unpaired) electrons. The van der Waals surface area contributed by atoms with Gasteiger partial charge in [0.2, 0.25) is 32.9 Å². The zero-order chi connectivity index (χ0) is 52.6. The summed E-state index contributed by atoms with van der Waals surface area (Å²) >= 11 is 1.13. The number of anilines is 2. The van der Waals surface area contributed by atoms with E-state index in [4.69, 9.17) is 4.42 Å². The van der Waals surface area contributed by atoms with Crippen molar-refractivity contribution in [3.8, 4) is 22.5 Å². The van der Waals surface area contributed by atoms with Gasteiger partial charge in [0, 0.05) is 95.7 Å². The first kappa shape index (κ1) is 48.0. The number of hydrogen-bond acceptors (Lipinski definition) is 13. The number of aromatic nitrogens is 3. The average molecular weight is 1080 g/mol. The molecule has 5 atom stereocenters. The molecule has 0 spiro atoms. The molecule has 0 saturated carbocycles. The minimum atomic E-state index is -4.43. The van der Waals surface area contributed by atoms with E-state index in [9.17, 15) is 32.7 Å². The smallest absolute Gasteiger partial charge is 0.352 e. The number of rotatable bonds is 11.